The molecule has 170 valence electrons. The predicted molar refractivity (Wildman–Crippen MR) is 135 cm³/mol. The van der Waals surface area contributed by atoms with Gasteiger partial charge in [0, 0.05) is 12.3 Å². The standard InChI is InChI=1S/C25H24N2O4S2/c1-4-31-24(29)18-9-10-20-22(15-18)33-25(27(20)11-12-32-3)26-23(28)19-13-16-7-5-6-8-17(16)14-21(19)30-2/h5-10,13-15H,4,11-12H2,1-3H3. The van der Waals surface area contributed by atoms with Gasteiger partial charge in [-0.1, -0.05) is 35.6 Å². The second kappa shape index (κ2) is 10.2. The largest absolute Gasteiger partial charge is 0.496 e. The molecular weight excluding hydrogens is 456 g/mol. The van der Waals surface area contributed by atoms with E-state index in [0.717, 1.165) is 26.7 Å². The molecule has 0 aliphatic rings. The molecule has 33 heavy (non-hydrogen) atoms. The Morgan fingerprint density at radius 3 is 2.55 bits per heavy atom. The van der Waals surface area contributed by atoms with Crippen LogP contribution in [0.5, 0.6) is 5.75 Å². The molecule has 0 unspecified atom stereocenters. The third kappa shape index (κ3) is 4.82. The van der Waals surface area contributed by atoms with Crippen LogP contribution in [0, 0.1) is 0 Å². The second-order valence-corrected chi connectivity index (χ2v) is 9.24. The number of carbonyl (C=O) groups is 2. The molecule has 0 aliphatic carbocycles. The van der Waals surface area contributed by atoms with Gasteiger partial charge in [0.15, 0.2) is 4.80 Å². The van der Waals surface area contributed by atoms with Gasteiger partial charge in [0.25, 0.3) is 5.91 Å². The summed E-state index contributed by atoms with van der Waals surface area (Å²) < 4.78 is 13.5. The zero-order valence-electron chi connectivity index (χ0n) is 18.7. The highest BCUT2D eigenvalue weighted by Gasteiger charge is 2.16. The minimum absolute atomic E-state index is 0.317. The summed E-state index contributed by atoms with van der Waals surface area (Å²) >= 11 is 3.10. The molecular formula is C25H24N2O4S2. The van der Waals surface area contributed by atoms with Gasteiger partial charge >= 0.3 is 5.97 Å². The molecule has 0 fully saturated rings. The summed E-state index contributed by atoms with van der Waals surface area (Å²) in [5.74, 6) is 0.627. The van der Waals surface area contributed by atoms with Crippen LogP contribution >= 0.6 is 23.1 Å². The Balaban J connectivity index is 1.83. The van der Waals surface area contributed by atoms with Crippen molar-refractivity contribution in [1.29, 1.82) is 0 Å². The highest BCUT2D eigenvalue weighted by atomic mass is 32.2. The maximum Gasteiger partial charge on any atom is 0.338 e. The molecule has 3 aromatic carbocycles. The van der Waals surface area contributed by atoms with Gasteiger partial charge in [-0.25, -0.2) is 4.79 Å². The number of aromatic nitrogens is 1. The number of ether oxygens (including phenoxy) is 2. The number of rotatable bonds is 7. The summed E-state index contributed by atoms with van der Waals surface area (Å²) in [5, 5.41) is 1.94. The van der Waals surface area contributed by atoms with Gasteiger partial charge in [0.05, 0.1) is 35.1 Å². The number of amides is 1. The Morgan fingerprint density at radius 2 is 1.85 bits per heavy atom. The first-order chi connectivity index (χ1) is 16.0. The van der Waals surface area contributed by atoms with Crippen molar-refractivity contribution in [2.45, 2.75) is 13.5 Å². The summed E-state index contributed by atoms with van der Waals surface area (Å²) in [7, 11) is 1.55. The molecule has 0 aliphatic heterocycles. The SMILES string of the molecule is CCOC(=O)c1ccc2c(c1)sc(=NC(=O)c1cc3ccccc3cc1OC)n2CCSC. The number of benzene rings is 3. The van der Waals surface area contributed by atoms with E-state index in [1.54, 1.807) is 37.9 Å². The zero-order chi connectivity index (χ0) is 23.4. The molecule has 4 aromatic rings. The molecule has 1 heterocycles. The van der Waals surface area contributed by atoms with Crippen LogP contribution in [0.25, 0.3) is 21.0 Å². The maximum absolute atomic E-state index is 13.3. The van der Waals surface area contributed by atoms with Crippen LogP contribution < -0.4 is 9.54 Å². The molecule has 6 nitrogen and oxygen atoms in total. The molecule has 0 saturated heterocycles. The Bertz CT molecular complexity index is 1400. The van der Waals surface area contributed by atoms with E-state index in [4.69, 9.17) is 9.47 Å². The van der Waals surface area contributed by atoms with Gasteiger partial charge in [0.1, 0.15) is 5.75 Å². The molecule has 0 N–H and O–H groups in total. The van der Waals surface area contributed by atoms with E-state index in [-0.39, 0.29) is 11.9 Å². The number of aryl methyl sites for hydroxylation is 1. The van der Waals surface area contributed by atoms with Crippen LogP contribution in [0.4, 0.5) is 0 Å². The fourth-order valence-corrected chi connectivity index (χ4v) is 5.06. The van der Waals surface area contributed by atoms with Crippen LogP contribution in [0.15, 0.2) is 59.6 Å². The van der Waals surface area contributed by atoms with E-state index < -0.39 is 0 Å². The minimum atomic E-state index is -0.368. The molecule has 0 atom stereocenters. The number of hydrogen-bond donors (Lipinski definition) is 0. The van der Waals surface area contributed by atoms with Crippen LogP contribution in [-0.2, 0) is 11.3 Å². The third-order valence-electron chi connectivity index (χ3n) is 5.21. The first kappa shape index (κ1) is 23.1. The van der Waals surface area contributed by atoms with Crippen molar-refractivity contribution in [3.63, 3.8) is 0 Å². The predicted octanol–water partition coefficient (Wildman–Crippen LogP) is 5.15. The Labute approximate surface area is 199 Å². The third-order valence-corrected chi connectivity index (χ3v) is 6.84. The Morgan fingerprint density at radius 1 is 1.09 bits per heavy atom. The van der Waals surface area contributed by atoms with Crippen molar-refractivity contribution in [3.8, 4) is 5.75 Å². The van der Waals surface area contributed by atoms with Crippen molar-refractivity contribution in [1.82, 2.24) is 4.57 Å². The van der Waals surface area contributed by atoms with E-state index >= 15 is 0 Å². The highest BCUT2D eigenvalue weighted by Crippen LogP contribution is 2.27. The van der Waals surface area contributed by atoms with E-state index in [1.165, 1.54) is 11.3 Å². The van der Waals surface area contributed by atoms with E-state index in [0.29, 0.717) is 34.8 Å². The van der Waals surface area contributed by atoms with Crippen LogP contribution in [0.2, 0.25) is 0 Å². The number of fused-ring (bicyclic) bond motifs is 2. The van der Waals surface area contributed by atoms with Gasteiger partial charge < -0.3 is 14.0 Å². The molecule has 1 amide bonds. The average Bonchev–Trinajstić information content (AvgIpc) is 3.17. The van der Waals surface area contributed by atoms with Gasteiger partial charge in [-0.15, -0.1) is 0 Å². The maximum atomic E-state index is 13.3. The number of nitrogens with zero attached hydrogens (tertiary/aromatic N) is 2. The van der Waals surface area contributed by atoms with Crippen molar-refractivity contribution in [3.05, 3.63) is 70.5 Å². The number of esters is 1. The lowest BCUT2D eigenvalue weighted by atomic mass is 10.1. The Kier molecular flexibility index (Phi) is 7.15. The summed E-state index contributed by atoms with van der Waals surface area (Å²) in [5.41, 5.74) is 1.83. The lowest BCUT2D eigenvalue weighted by Crippen LogP contribution is -2.18. The smallest absolute Gasteiger partial charge is 0.338 e. The first-order valence-electron chi connectivity index (χ1n) is 10.5. The zero-order valence-corrected chi connectivity index (χ0v) is 20.3. The summed E-state index contributed by atoms with van der Waals surface area (Å²) in [6.45, 7) is 2.79. The molecule has 8 heteroatoms. The second-order valence-electron chi connectivity index (χ2n) is 7.25. The summed E-state index contributed by atoms with van der Waals surface area (Å²) in [6, 6.07) is 16.9. The van der Waals surface area contributed by atoms with E-state index in [9.17, 15) is 9.59 Å². The lowest BCUT2D eigenvalue weighted by Gasteiger charge is -2.08. The van der Waals surface area contributed by atoms with E-state index in [1.807, 2.05) is 53.3 Å². The normalized spacial score (nSPS) is 11.8. The number of carbonyl (C=O) groups excluding carboxylic acids is 2. The first-order valence-corrected chi connectivity index (χ1v) is 12.7. The Hall–Kier alpha value is -3.10. The molecule has 0 spiro atoms. The highest BCUT2D eigenvalue weighted by molar-refractivity contribution is 7.98. The summed E-state index contributed by atoms with van der Waals surface area (Å²) in [4.78, 5) is 30.5. The van der Waals surface area contributed by atoms with Crippen LogP contribution in [0.1, 0.15) is 27.6 Å². The average molecular weight is 481 g/mol. The molecule has 0 bridgehead atoms. The van der Waals surface area contributed by atoms with Gasteiger partial charge in [-0.05, 0) is 54.3 Å². The fraction of sp³-hybridized carbons (Fsp3) is 0.240. The molecule has 0 saturated carbocycles. The molecule has 1 aromatic heterocycles. The minimum Gasteiger partial charge on any atom is -0.496 e. The molecule has 4 rings (SSSR count). The number of methoxy groups -OCH3 is 1. The van der Waals surface area contributed by atoms with Gasteiger partial charge in [-0.2, -0.15) is 16.8 Å². The topological polar surface area (TPSA) is 69.9 Å². The van der Waals surface area contributed by atoms with Gasteiger partial charge in [-0.3, -0.25) is 4.79 Å². The van der Waals surface area contributed by atoms with Crippen molar-refractivity contribution in [2.24, 2.45) is 4.99 Å². The van der Waals surface area contributed by atoms with E-state index in [2.05, 4.69) is 4.99 Å². The van der Waals surface area contributed by atoms with Crippen molar-refractivity contribution < 1.29 is 19.1 Å². The van der Waals surface area contributed by atoms with Crippen molar-refractivity contribution in [2.75, 3.05) is 25.7 Å². The fourth-order valence-electron chi connectivity index (χ4n) is 3.60. The van der Waals surface area contributed by atoms with Crippen molar-refractivity contribution >= 4 is 56.0 Å². The molecule has 0 radical (unpaired) electrons. The number of thioether (sulfide) groups is 1. The quantitative estimate of drug-likeness (QED) is 0.342. The lowest BCUT2D eigenvalue weighted by molar-refractivity contribution is 0.0526. The number of hydrogen-bond acceptors (Lipinski definition) is 6. The number of thiazole rings is 1. The van der Waals surface area contributed by atoms with Crippen LogP contribution in [0.3, 0.4) is 0 Å². The monoisotopic (exact) mass is 480 g/mol. The summed E-state index contributed by atoms with van der Waals surface area (Å²) in [6.07, 6.45) is 2.04. The van der Waals surface area contributed by atoms with Crippen LogP contribution in [-0.4, -0.2) is 42.2 Å². The van der Waals surface area contributed by atoms with Gasteiger partial charge in [0.2, 0.25) is 0 Å².